The number of anilines is 1. The number of halogens is 2. The van der Waals surface area contributed by atoms with Crippen molar-refractivity contribution in [2.45, 2.75) is 25.2 Å². The zero-order chi connectivity index (χ0) is 30.2. The molecule has 12 heteroatoms. The summed E-state index contributed by atoms with van der Waals surface area (Å²) >= 11 is 3.45. The quantitative estimate of drug-likeness (QED) is 0.409. The van der Waals surface area contributed by atoms with Gasteiger partial charge in [-0.05, 0) is 51.3 Å². The highest BCUT2D eigenvalue weighted by Crippen LogP contribution is 2.45. The van der Waals surface area contributed by atoms with E-state index in [0.29, 0.717) is 49.8 Å². The molecule has 0 atom stereocenters. The number of rotatable bonds is 7. The van der Waals surface area contributed by atoms with Crippen LogP contribution in [0, 0.1) is 5.82 Å². The molecule has 0 saturated carbocycles. The highest BCUT2D eigenvalue weighted by atomic mass is 79.9. The number of hydrogen-bond donors (Lipinski definition) is 2. The summed E-state index contributed by atoms with van der Waals surface area (Å²) in [6, 6.07) is 14.4. The number of aromatic nitrogens is 1. The van der Waals surface area contributed by atoms with Gasteiger partial charge in [-0.2, -0.15) is 0 Å². The van der Waals surface area contributed by atoms with Crippen molar-refractivity contribution in [3.8, 4) is 0 Å². The van der Waals surface area contributed by atoms with E-state index in [9.17, 15) is 14.4 Å². The number of amides is 4. The second kappa shape index (κ2) is 11.9. The van der Waals surface area contributed by atoms with Crippen LogP contribution in [0.25, 0.3) is 0 Å². The van der Waals surface area contributed by atoms with E-state index in [4.69, 9.17) is 4.74 Å². The van der Waals surface area contributed by atoms with Gasteiger partial charge in [0.2, 0.25) is 0 Å². The van der Waals surface area contributed by atoms with Crippen LogP contribution < -0.4 is 10.6 Å². The lowest BCUT2D eigenvalue weighted by atomic mass is 9.88. The summed E-state index contributed by atoms with van der Waals surface area (Å²) in [4.78, 5) is 42.7. The maximum Gasteiger partial charge on any atom is 0.321 e. The number of nitrogens with zero attached hydrogens (tertiary/aromatic N) is 4. The maximum atomic E-state index is 15.7. The van der Waals surface area contributed by atoms with Crippen molar-refractivity contribution in [1.29, 1.82) is 0 Å². The molecule has 0 radical (unpaired) electrons. The Labute approximate surface area is 252 Å². The SMILES string of the molecule is CN(C)C(=O)Nc1ccc(CNC(=O)c2c(F)c(Br)c3n2CCN(Cc2ccc(C(=O)N(C)C)cc2)C32COC2)cc1. The molecule has 2 aromatic carbocycles. The molecule has 1 spiro atoms. The van der Waals surface area contributed by atoms with Crippen molar-refractivity contribution in [1.82, 2.24) is 24.6 Å². The zero-order valence-corrected chi connectivity index (χ0v) is 25.6. The van der Waals surface area contributed by atoms with E-state index in [-0.39, 0.29) is 28.6 Å². The molecule has 1 fully saturated rings. The molecule has 0 unspecified atom stereocenters. The largest absolute Gasteiger partial charge is 0.377 e. The molecule has 1 saturated heterocycles. The number of ether oxygens (including phenoxy) is 1. The van der Waals surface area contributed by atoms with Crippen molar-refractivity contribution in [3.05, 3.63) is 86.9 Å². The van der Waals surface area contributed by atoms with E-state index in [2.05, 4.69) is 31.5 Å². The van der Waals surface area contributed by atoms with Gasteiger partial charge in [0.15, 0.2) is 5.82 Å². The van der Waals surface area contributed by atoms with E-state index < -0.39 is 17.3 Å². The number of urea groups is 1. The first-order valence-electron chi connectivity index (χ1n) is 13.6. The Morgan fingerprint density at radius 3 is 2.17 bits per heavy atom. The van der Waals surface area contributed by atoms with Gasteiger partial charge >= 0.3 is 6.03 Å². The van der Waals surface area contributed by atoms with Gasteiger partial charge in [0.1, 0.15) is 11.2 Å². The van der Waals surface area contributed by atoms with E-state index in [1.807, 2.05) is 24.3 Å². The lowest BCUT2D eigenvalue weighted by molar-refractivity contribution is -0.163. The van der Waals surface area contributed by atoms with E-state index in [1.54, 1.807) is 57.0 Å². The zero-order valence-electron chi connectivity index (χ0n) is 24.0. The van der Waals surface area contributed by atoms with Crippen molar-refractivity contribution in [3.63, 3.8) is 0 Å². The predicted octanol–water partition coefficient (Wildman–Crippen LogP) is 3.86. The third kappa shape index (κ3) is 5.53. The van der Waals surface area contributed by atoms with Gasteiger partial charge in [-0.15, -0.1) is 0 Å². The van der Waals surface area contributed by atoms with E-state index >= 15 is 4.39 Å². The fourth-order valence-corrected chi connectivity index (χ4v) is 6.10. The summed E-state index contributed by atoms with van der Waals surface area (Å²) in [6.07, 6.45) is 0. The fourth-order valence-electron chi connectivity index (χ4n) is 5.33. The van der Waals surface area contributed by atoms with Crippen molar-refractivity contribution < 1.29 is 23.5 Å². The minimum absolute atomic E-state index is 0.00998. The van der Waals surface area contributed by atoms with Crippen LogP contribution in [0.1, 0.15) is 37.7 Å². The molecule has 3 heterocycles. The first-order chi connectivity index (χ1) is 20.0. The lowest BCUT2D eigenvalue weighted by Crippen LogP contribution is -2.63. The van der Waals surface area contributed by atoms with Crippen molar-refractivity contribution in [2.75, 3.05) is 53.3 Å². The second-order valence-electron chi connectivity index (χ2n) is 11.0. The van der Waals surface area contributed by atoms with Crippen LogP contribution in [0.5, 0.6) is 0 Å². The Kier molecular flexibility index (Phi) is 8.40. The first kappa shape index (κ1) is 29.7. The van der Waals surface area contributed by atoms with E-state index in [1.165, 1.54) is 9.80 Å². The van der Waals surface area contributed by atoms with Gasteiger partial charge in [-0.1, -0.05) is 24.3 Å². The van der Waals surface area contributed by atoms with Gasteiger partial charge in [0.25, 0.3) is 11.8 Å². The molecule has 10 nitrogen and oxygen atoms in total. The summed E-state index contributed by atoms with van der Waals surface area (Å²) in [5.74, 6) is -1.16. The van der Waals surface area contributed by atoms with Crippen LogP contribution in [0.2, 0.25) is 0 Å². The molecule has 4 amide bonds. The fraction of sp³-hybridized carbons (Fsp3) is 0.367. The Morgan fingerprint density at radius 2 is 1.60 bits per heavy atom. The van der Waals surface area contributed by atoms with Crippen LogP contribution in [0.15, 0.2) is 53.0 Å². The highest BCUT2D eigenvalue weighted by molar-refractivity contribution is 9.10. The summed E-state index contributed by atoms with van der Waals surface area (Å²) in [5, 5.41) is 5.61. The van der Waals surface area contributed by atoms with Gasteiger partial charge in [-0.3, -0.25) is 14.5 Å². The van der Waals surface area contributed by atoms with Crippen LogP contribution in [-0.2, 0) is 29.9 Å². The third-order valence-corrected chi connectivity index (χ3v) is 8.45. The normalized spacial score (nSPS) is 15.5. The Balaban J connectivity index is 1.31. The number of benzene rings is 2. The molecule has 222 valence electrons. The standard InChI is InChI=1S/C30H34BrFN6O4/c1-35(2)28(40)21-9-5-20(6-10-21)16-37-13-14-38-25(24(32)23(31)26(38)30(37)17-42-18-30)27(39)33-15-19-7-11-22(12-8-19)34-29(41)36(3)4/h5-12H,13-18H2,1-4H3,(H,33,39)(H,34,41). The van der Waals surface area contributed by atoms with Crippen LogP contribution in [-0.4, -0.2) is 85.1 Å². The maximum absolute atomic E-state index is 15.7. The molecule has 42 heavy (non-hydrogen) atoms. The Bertz CT molecular complexity index is 1500. The minimum Gasteiger partial charge on any atom is -0.377 e. The van der Waals surface area contributed by atoms with Crippen LogP contribution >= 0.6 is 15.9 Å². The first-order valence-corrected chi connectivity index (χ1v) is 14.4. The van der Waals surface area contributed by atoms with Crippen molar-refractivity contribution >= 4 is 39.5 Å². The predicted molar refractivity (Wildman–Crippen MR) is 160 cm³/mol. The second-order valence-corrected chi connectivity index (χ2v) is 11.8. The Hall–Kier alpha value is -3.74. The van der Waals surface area contributed by atoms with Crippen LogP contribution in [0.3, 0.4) is 0 Å². The summed E-state index contributed by atoms with van der Waals surface area (Å²) in [7, 11) is 6.75. The number of nitrogens with one attached hydrogen (secondary N) is 2. The van der Waals surface area contributed by atoms with E-state index in [0.717, 1.165) is 11.1 Å². The van der Waals surface area contributed by atoms with Gasteiger partial charge in [0, 0.05) is 65.6 Å². The van der Waals surface area contributed by atoms with Gasteiger partial charge in [0.05, 0.1) is 23.4 Å². The summed E-state index contributed by atoms with van der Waals surface area (Å²) in [5.41, 5.74) is 3.19. The number of carbonyl (C=O) groups excluding carboxylic acids is 3. The molecule has 5 rings (SSSR count). The molecule has 0 aliphatic carbocycles. The monoisotopic (exact) mass is 640 g/mol. The summed E-state index contributed by atoms with van der Waals surface area (Å²) < 4.78 is 23.4. The molecule has 2 aliphatic rings. The molecular formula is C30H34BrFN6O4. The molecule has 3 aromatic rings. The minimum atomic E-state index is -0.594. The van der Waals surface area contributed by atoms with Gasteiger partial charge in [-0.25, -0.2) is 9.18 Å². The van der Waals surface area contributed by atoms with Gasteiger partial charge < -0.3 is 29.7 Å². The number of carbonyl (C=O) groups is 3. The average molecular weight is 642 g/mol. The Morgan fingerprint density at radius 1 is 0.952 bits per heavy atom. The highest BCUT2D eigenvalue weighted by Gasteiger charge is 2.52. The van der Waals surface area contributed by atoms with Crippen molar-refractivity contribution in [2.24, 2.45) is 0 Å². The molecule has 0 bridgehead atoms. The summed E-state index contributed by atoms with van der Waals surface area (Å²) in [6.45, 7) is 2.57. The molecule has 2 aliphatic heterocycles. The lowest BCUT2D eigenvalue weighted by Gasteiger charge is -2.53. The number of hydrogen-bond acceptors (Lipinski definition) is 5. The molecule has 1 aromatic heterocycles. The average Bonchev–Trinajstić information content (AvgIpc) is 3.21. The smallest absolute Gasteiger partial charge is 0.321 e. The topological polar surface area (TPSA) is 99.2 Å². The number of fused-ring (bicyclic) bond motifs is 2. The van der Waals surface area contributed by atoms with Crippen LogP contribution in [0.4, 0.5) is 14.9 Å². The third-order valence-electron chi connectivity index (χ3n) is 7.73. The molecule has 2 N–H and O–H groups in total. The molecular weight excluding hydrogens is 607 g/mol.